The van der Waals surface area contributed by atoms with Gasteiger partial charge in [-0.25, -0.2) is 0 Å². The van der Waals surface area contributed by atoms with Crippen LogP contribution in [0, 0.1) is 0 Å². The summed E-state index contributed by atoms with van der Waals surface area (Å²) >= 11 is 0. The second-order valence-corrected chi connectivity index (χ2v) is 7.00. The van der Waals surface area contributed by atoms with Crippen molar-refractivity contribution in [2.75, 3.05) is 7.11 Å². The summed E-state index contributed by atoms with van der Waals surface area (Å²) in [7, 11) is 1.47. The zero-order chi connectivity index (χ0) is 19.0. The van der Waals surface area contributed by atoms with E-state index in [1.807, 2.05) is 24.3 Å². The number of aliphatic hydroxyl groups excluding tert-OH is 2. The Morgan fingerprint density at radius 1 is 0.926 bits per heavy atom. The lowest BCUT2D eigenvalue weighted by Gasteiger charge is -2.40. The Morgan fingerprint density at radius 2 is 1.52 bits per heavy atom. The Balaban J connectivity index is 1.70. The molecule has 1 heterocycles. The van der Waals surface area contributed by atoms with Crippen molar-refractivity contribution in [1.82, 2.24) is 0 Å². The molecule has 0 spiro atoms. The topological polar surface area (TPSA) is 68.2 Å². The van der Waals surface area contributed by atoms with Crippen LogP contribution in [0.25, 0.3) is 21.5 Å². The summed E-state index contributed by atoms with van der Waals surface area (Å²) in [6, 6.07) is 18.5. The molecule has 0 aromatic heterocycles. The van der Waals surface area contributed by atoms with E-state index in [9.17, 15) is 10.2 Å². The van der Waals surface area contributed by atoms with Crippen LogP contribution in [0.4, 0.5) is 0 Å². The molecule has 5 nitrogen and oxygen atoms in total. The molecule has 0 saturated carbocycles. The highest BCUT2D eigenvalue weighted by Gasteiger charge is 2.43. The second kappa shape index (κ2) is 7.54. The molecule has 1 saturated heterocycles. The number of hydrogen-bond donors (Lipinski definition) is 2. The average Bonchev–Trinajstić information content (AvgIpc) is 2.69. The van der Waals surface area contributed by atoms with Gasteiger partial charge >= 0.3 is 0 Å². The van der Waals surface area contributed by atoms with Crippen LogP contribution in [0.2, 0.25) is 0 Å². The van der Waals surface area contributed by atoms with Crippen molar-refractivity contribution in [1.29, 1.82) is 0 Å². The normalized spacial score (nSPS) is 28.7. The van der Waals surface area contributed by atoms with Gasteiger partial charge in [-0.05, 0) is 40.1 Å². The summed E-state index contributed by atoms with van der Waals surface area (Å²) in [5, 5.41) is 25.4. The Hall–Kier alpha value is -2.02. The van der Waals surface area contributed by atoms with Crippen molar-refractivity contribution in [3.05, 3.63) is 60.2 Å². The molecule has 0 aliphatic carbocycles. The largest absolute Gasteiger partial charge is 0.388 e. The molecule has 0 amide bonds. The van der Waals surface area contributed by atoms with Gasteiger partial charge in [-0.3, -0.25) is 0 Å². The Kier molecular flexibility index (Phi) is 5.12. The molecule has 142 valence electrons. The van der Waals surface area contributed by atoms with E-state index < -0.39 is 30.7 Å². The Labute approximate surface area is 158 Å². The van der Waals surface area contributed by atoms with Crippen molar-refractivity contribution in [2.45, 2.75) is 44.2 Å². The number of aliphatic hydroxyl groups is 2. The SMILES string of the molecule is CO[C@@H]1O[C@@H](C)[C@H](O)[C@@H](OCc2c3ccccc3cc3ccccc23)[C@H]1O. The van der Waals surface area contributed by atoms with Crippen LogP contribution >= 0.6 is 0 Å². The van der Waals surface area contributed by atoms with Crippen molar-refractivity contribution in [2.24, 2.45) is 0 Å². The van der Waals surface area contributed by atoms with E-state index in [0.717, 1.165) is 27.1 Å². The molecular weight excluding hydrogens is 344 g/mol. The maximum Gasteiger partial charge on any atom is 0.186 e. The zero-order valence-corrected chi connectivity index (χ0v) is 15.4. The van der Waals surface area contributed by atoms with E-state index in [4.69, 9.17) is 14.2 Å². The summed E-state index contributed by atoms with van der Waals surface area (Å²) < 4.78 is 16.7. The number of methoxy groups -OCH3 is 1. The summed E-state index contributed by atoms with van der Waals surface area (Å²) in [4.78, 5) is 0. The molecule has 1 aliphatic rings. The van der Waals surface area contributed by atoms with E-state index in [-0.39, 0.29) is 6.61 Å². The lowest BCUT2D eigenvalue weighted by atomic mass is 9.96. The molecule has 0 bridgehead atoms. The molecule has 0 unspecified atom stereocenters. The molecule has 27 heavy (non-hydrogen) atoms. The fraction of sp³-hybridized carbons (Fsp3) is 0.364. The standard InChI is InChI=1S/C22H24O5/c1-13-19(23)21(20(24)22(25-2)27-13)26-12-18-16-9-5-3-7-14(16)11-15-8-4-6-10-17(15)18/h3-11,13,19-24H,12H2,1-2H3/t13-,19-,20+,21+,22+/m0/s1. The highest BCUT2D eigenvalue weighted by atomic mass is 16.7. The third kappa shape index (κ3) is 3.33. The first-order valence-electron chi connectivity index (χ1n) is 9.15. The Bertz CT molecular complexity index is 886. The first-order chi connectivity index (χ1) is 13.1. The van der Waals surface area contributed by atoms with Gasteiger partial charge in [-0.2, -0.15) is 0 Å². The minimum atomic E-state index is -1.07. The van der Waals surface area contributed by atoms with E-state index in [2.05, 4.69) is 30.3 Å². The fourth-order valence-electron chi connectivity index (χ4n) is 3.83. The van der Waals surface area contributed by atoms with Gasteiger partial charge in [0.2, 0.25) is 0 Å². The van der Waals surface area contributed by atoms with Crippen LogP contribution < -0.4 is 0 Å². The summed E-state index contributed by atoms with van der Waals surface area (Å²) in [5.41, 5.74) is 1.04. The fourth-order valence-corrected chi connectivity index (χ4v) is 3.83. The van der Waals surface area contributed by atoms with Crippen LogP contribution in [-0.4, -0.2) is 48.0 Å². The van der Waals surface area contributed by atoms with Crippen molar-refractivity contribution >= 4 is 21.5 Å². The molecule has 2 N–H and O–H groups in total. The first-order valence-corrected chi connectivity index (χ1v) is 9.15. The monoisotopic (exact) mass is 368 g/mol. The third-order valence-electron chi connectivity index (χ3n) is 5.32. The quantitative estimate of drug-likeness (QED) is 0.693. The summed E-state index contributed by atoms with van der Waals surface area (Å²) in [5.74, 6) is 0. The van der Waals surface area contributed by atoms with Crippen molar-refractivity contribution in [3.8, 4) is 0 Å². The predicted molar refractivity (Wildman–Crippen MR) is 103 cm³/mol. The van der Waals surface area contributed by atoms with Gasteiger partial charge in [0.25, 0.3) is 0 Å². The third-order valence-corrected chi connectivity index (χ3v) is 5.32. The number of ether oxygens (including phenoxy) is 3. The van der Waals surface area contributed by atoms with Gasteiger partial charge in [-0.15, -0.1) is 0 Å². The van der Waals surface area contributed by atoms with E-state index in [1.165, 1.54) is 7.11 Å². The van der Waals surface area contributed by atoms with Gasteiger partial charge in [0.1, 0.15) is 18.3 Å². The molecule has 5 heteroatoms. The second-order valence-electron chi connectivity index (χ2n) is 7.00. The molecule has 1 aliphatic heterocycles. The maximum absolute atomic E-state index is 10.5. The number of benzene rings is 3. The van der Waals surface area contributed by atoms with Crippen LogP contribution in [0.1, 0.15) is 12.5 Å². The lowest BCUT2D eigenvalue weighted by Crippen LogP contribution is -2.58. The molecular formula is C22H24O5. The number of rotatable bonds is 4. The van der Waals surface area contributed by atoms with E-state index in [0.29, 0.717) is 0 Å². The van der Waals surface area contributed by atoms with Gasteiger partial charge in [0.15, 0.2) is 6.29 Å². The summed E-state index contributed by atoms with van der Waals surface area (Å²) in [6.45, 7) is 2.01. The summed E-state index contributed by atoms with van der Waals surface area (Å²) in [6.07, 6.45) is -4.11. The van der Waals surface area contributed by atoms with E-state index in [1.54, 1.807) is 6.92 Å². The highest BCUT2D eigenvalue weighted by Crippen LogP contribution is 2.31. The molecule has 1 fully saturated rings. The van der Waals surface area contributed by atoms with Crippen molar-refractivity contribution < 1.29 is 24.4 Å². The maximum atomic E-state index is 10.5. The highest BCUT2D eigenvalue weighted by molar-refractivity contribution is 6.02. The predicted octanol–water partition coefficient (Wildman–Crippen LogP) is 2.99. The smallest absolute Gasteiger partial charge is 0.186 e. The molecule has 5 atom stereocenters. The minimum absolute atomic E-state index is 0.268. The average molecular weight is 368 g/mol. The molecule has 3 aromatic carbocycles. The zero-order valence-electron chi connectivity index (χ0n) is 15.4. The number of hydrogen-bond acceptors (Lipinski definition) is 5. The van der Waals surface area contributed by atoms with Crippen LogP contribution in [0.5, 0.6) is 0 Å². The lowest BCUT2D eigenvalue weighted by molar-refractivity contribution is -0.295. The molecule has 3 aromatic rings. The Morgan fingerprint density at radius 3 is 2.11 bits per heavy atom. The van der Waals surface area contributed by atoms with Crippen LogP contribution in [-0.2, 0) is 20.8 Å². The van der Waals surface area contributed by atoms with Gasteiger partial charge in [0.05, 0.1) is 12.7 Å². The van der Waals surface area contributed by atoms with Crippen molar-refractivity contribution in [3.63, 3.8) is 0 Å². The van der Waals surface area contributed by atoms with E-state index >= 15 is 0 Å². The molecule has 0 radical (unpaired) electrons. The minimum Gasteiger partial charge on any atom is -0.388 e. The molecule has 4 rings (SSSR count). The van der Waals surface area contributed by atoms with Crippen LogP contribution in [0.3, 0.4) is 0 Å². The van der Waals surface area contributed by atoms with Gasteiger partial charge < -0.3 is 24.4 Å². The van der Waals surface area contributed by atoms with Crippen LogP contribution in [0.15, 0.2) is 54.6 Å². The van der Waals surface area contributed by atoms with Gasteiger partial charge in [0, 0.05) is 7.11 Å². The van der Waals surface area contributed by atoms with Gasteiger partial charge in [-0.1, -0.05) is 48.5 Å². The first kappa shape index (κ1) is 18.3. The number of fused-ring (bicyclic) bond motifs is 2.